The minimum absolute atomic E-state index is 0.138. The number of rotatable bonds is 9. The van der Waals surface area contributed by atoms with Crippen LogP contribution in [0, 0.1) is 6.92 Å². The molecule has 0 radical (unpaired) electrons. The number of nitrogens with one attached hydrogen (secondary N) is 1. The summed E-state index contributed by atoms with van der Waals surface area (Å²) in [5.74, 6) is 1.01. The van der Waals surface area contributed by atoms with Crippen molar-refractivity contribution in [3.8, 4) is 5.75 Å². The molecule has 5 N–H and O–H groups in total. The molecule has 0 aliphatic rings. The Balaban J connectivity index is 1.75. The van der Waals surface area contributed by atoms with Crippen LogP contribution in [0.25, 0.3) is 10.9 Å². The minimum atomic E-state index is 0.138. The van der Waals surface area contributed by atoms with Gasteiger partial charge in [0.25, 0.3) is 0 Å². The number of aryl methyl sites for hydroxylation is 1. The van der Waals surface area contributed by atoms with Crippen LogP contribution < -0.4 is 16.2 Å². The van der Waals surface area contributed by atoms with E-state index in [1.54, 1.807) is 7.11 Å². The van der Waals surface area contributed by atoms with Gasteiger partial charge in [0, 0.05) is 36.2 Å². The summed E-state index contributed by atoms with van der Waals surface area (Å²) in [6.45, 7) is 5.31. The fourth-order valence-electron chi connectivity index (χ4n) is 3.51. The first-order chi connectivity index (χ1) is 13.6. The molecule has 1 aromatic heterocycles. The van der Waals surface area contributed by atoms with Crippen LogP contribution in [-0.2, 0) is 13.0 Å². The van der Waals surface area contributed by atoms with Gasteiger partial charge in [0.15, 0.2) is 5.96 Å². The van der Waals surface area contributed by atoms with Crippen LogP contribution in [-0.4, -0.2) is 42.6 Å². The Kier molecular flexibility index (Phi) is 6.55. The van der Waals surface area contributed by atoms with Crippen molar-refractivity contribution >= 4 is 16.9 Å². The van der Waals surface area contributed by atoms with Crippen molar-refractivity contribution < 1.29 is 4.74 Å². The second-order valence-corrected chi connectivity index (χ2v) is 6.96. The lowest BCUT2D eigenvalue weighted by atomic mass is 10.1. The van der Waals surface area contributed by atoms with Crippen molar-refractivity contribution in [1.29, 1.82) is 0 Å². The molecule has 0 saturated heterocycles. The summed E-state index contributed by atoms with van der Waals surface area (Å²) in [4.78, 5) is 10.0. The standard InChI is InChI=1S/C22H29N5O/c1-16-19(20-14-18(28-2)8-9-21(20)26-16)10-12-27(13-11-25-22(23)24)15-17-6-4-3-5-7-17/h3-9,14,26H,10-13,15H2,1-2H3,(H4,23,24,25). The molecule has 28 heavy (non-hydrogen) atoms. The molecule has 6 heteroatoms. The van der Waals surface area contributed by atoms with Crippen LogP contribution in [0.15, 0.2) is 53.5 Å². The highest BCUT2D eigenvalue weighted by Gasteiger charge is 2.12. The highest BCUT2D eigenvalue weighted by Crippen LogP contribution is 2.27. The molecule has 0 aliphatic carbocycles. The van der Waals surface area contributed by atoms with Crippen LogP contribution in [0.1, 0.15) is 16.8 Å². The Morgan fingerprint density at radius 3 is 2.61 bits per heavy atom. The van der Waals surface area contributed by atoms with E-state index in [-0.39, 0.29) is 5.96 Å². The number of fused-ring (bicyclic) bond motifs is 1. The summed E-state index contributed by atoms with van der Waals surface area (Å²) >= 11 is 0. The molecule has 0 saturated carbocycles. The van der Waals surface area contributed by atoms with E-state index in [0.29, 0.717) is 6.54 Å². The first-order valence-corrected chi connectivity index (χ1v) is 9.53. The molecular weight excluding hydrogens is 350 g/mol. The predicted octanol–water partition coefficient (Wildman–Crippen LogP) is 2.80. The van der Waals surface area contributed by atoms with Gasteiger partial charge in [-0.1, -0.05) is 30.3 Å². The zero-order valence-electron chi connectivity index (χ0n) is 16.6. The SMILES string of the molecule is COc1ccc2[nH]c(C)c(CCN(CCN=C(N)N)Cc3ccccc3)c2c1. The summed E-state index contributed by atoms with van der Waals surface area (Å²) in [6, 6.07) is 16.6. The fourth-order valence-corrected chi connectivity index (χ4v) is 3.51. The smallest absolute Gasteiger partial charge is 0.185 e. The third-order valence-corrected chi connectivity index (χ3v) is 4.96. The Morgan fingerprint density at radius 2 is 1.89 bits per heavy atom. The van der Waals surface area contributed by atoms with Crippen LogP contribution in [0.4, 0.5) is 0 Å². The van der Waals surface area contributed by atoms with Crippen molar-refractivity contribution in [2.75, 3.05) is 26.7 Å². The molecule has 0 fully saturated rings. The van der Waals surface area contributed by atoms with E-state index in [4.69, 9.17) is 16.2 Å². The number of aliphatic imine (C=N–C) groups is 1. The van der Waals surface area contributed by atoms with Gasteiger partial charge in [0.2, 0.25) is 0 Å². The van der Waals surface area contributed by atoms with E-state index in [9.17, 15) is 0 Å². The number of H-pyrrole nitrogens is 1. The molecule has 148 valence electrons. The van der Waals surface area contributed by atoms with Crippen LogP contribution in [0.5, 0.6) is 5.75 Å². The number of ether oxygens (including phenoxy) is 1. The van der Waals surface area contributed by atoms with E-state index in [2.05, 4.69) is 58.2 Å². The van der Waals surface area contributed by atoms with Crippen LogP contribution >= 0.6 is 0 Å². The van der Waals surface area contributed by atoms with Crippen molar-refractivity contribution in [2.45, 2.75) is 19.9 Å². The van der Waals surface area contributed by atoms with Gasteiger partial charge in [0.1, 0.15) is 5.75 Å². The second kappa shape index (κ2) is 9.28. The van der Waals surface area contributed by atoms with Gasteiger partial charge in [-0.25, -0.2) is 0 Å². The second-order valence-electron chi connectivity index (χ2n) is 6.96. The number of hydrogen-bond acceptors (Lipinski definition) is 3. The van der Waals surface area contributed by atoms with Gasteiger partial charge in [-0.3, -0.25) is 9.89 Å². The van der Waals surface area contributed by atoms with Crippen LogP contribution in [0.2, 0.25) is 0 Å². The summed E-state index contributed by atoms with van der Waals surface area (Å²) in [6.07, 6.45) is 0.938. The zero-order chi connectivity index (χ0) is 19.9. The first-order valence-electron chi connectivity index (χ1n) is 9.53. The molecule has 6 nitrogen and oxygen atoms in total. The molecule has 0 bridgehead atoms. The molecule has 0 spiro atoms. The van der Waals surface area contributed by atoms with Gasteiger partial charge >= 0.3 is 0 Å². The average Bonchev–Trinajstić information content (AvgIpc) is 3.00. The van der Waals surface area contributed by atoms with E-state index >= 15 is 0 Å². The Hall–Kier alpha value is -2.99. The van der Waals surface area contributed by atoms with Gasteiger partial charge in [-0.2, -0.15) is 0 Å². The third-order valence-electron chi connectivity index (χ3n) is 4.96. The number of aromatic amines is 1. The maximum Gasteiger partial charge on any atom is 0.185 e. The maximum absolute atomic E-state index is 5.49. The Morgan fingerprint density at radius 1 is 1.11 bits per heavy atom. The summed E-state index contributed by atoms with van der Waals surface area (Å²) in [7, 11) is 1.70. The first kappa shape index (κ1) is 19.8. The monoisotopic (exact) mass is 379 g/mol. The average molecular weight is 380 g/mol. The van der Waals surface area contributed by atoms with Crippen molar-refractivity contribution in [2.24, 2.45) is 16.5 Å². The molecule has 0 amide bonds. The number of nitrogens with zero attached hydrogens (tertiary/aromatic N) is 2. The van der Waals surface area contributed by atoms with Gasteiger partial charge < -0.3 is 21.2 Å². The van der Waals surface area contributed by atoms with Gasteiger partial charge in [-0.05, 0) is 42.7 Å². The van der Waals surface area contributed by atoms with E-state index in [1.165, 1.54) is 22.2 Å². The Labute approximate surface area is 166 Å². The third kappa shape index (κ3) is 5.04. The minimum Gasteiger partial charge on any atom is -0.497 e. The summed E-state index contributed by atoms with van der Waals surface area (Å²) < 4.78 is 5.40. The van der Waals surface area contributed by atoms with Gasteiger partial charge in [-0.15, -0.1) is 0 Å². The van der Waals surface area contributed by atoms with Crippen molar-refractivity contribution in [3.05, 3.63) is 65.4 Å². The summed E-state index contributed by atoms with van der Waals surface area (Å²) in [5.41, 5.74) is 15.9. The molecule has 2 aromatic carbocycles. The molecule has 1 heterocycles. The largest absolute Gasteiger partial charge is 0.497 e. The number of nitrogens with two attached hydrogens (primary N) is 2. The highest BCUT2D eigenvalue weighted by atomic mass is 16.5. The lowest BCUT2D eigenvalue weighted by Gasteiger charge is -2.22. The normalized spacial score (nSPS) is 11.1. The van der Waals surface area contributed by atoms with Crippen molar-refractivity contribution in [3.63, 3.8) is 0 Å². The van der Waals surface area contributed by atoms with E-state index in [1.807, 2.05) is 12.1 Å². The highest BCUT2D eigenvalue weighted by molar-refractivity contribution is 5.86. The zero-order valence-corrected chi connectivity index (χ0v) is 16.6. The molecule has 0 aliphatic heterocycles. The van der Waals surface area contributed by atoms with E-state index in [0.717, 1.165) is 37.3 Å². The fraction of sp³-hybridized carbons (Fsp3) is 0.318. The lowest BCUT2D eigenvalue weighted by Crippen LogP contribution is -2.30. The van der Waals surface area contributed by atoms with Crippen LogP contribution in [0.3, 0.4) is 0 Å². The topological polar surface area (TPSA) is 92.7 Å². The molecule has 3 aromatic rings. The molecule has 0 unspecified atom stereocenters. The van der Waals surface area contributed by atoms with Crippen molar-refractivity contribution in [1.82, 2.24) is 9.88 Å². The predicted molar refractivity (Wildman–Crippen MR) is 116 cm³/mol. The number of guanidine groups is 1. The number of methoxy groups -OCH3 is 1. The molecule has 0 atom stereocenters. The number of aromatic nitrogens is 1. The lowest BCUT2D eigenvalue weighted by molar-refractivity contribution is 0.277. The quantitative estimate of drug-likeness (QED) is 0.394. The van der Waals surface area contributed by atoms with Gasteiger partial charge in [0.05, 0.1) is 13.7 Å². The molecular formula is C22H29N5O. The maximum atomic E-state index is 5.49. The Bertz CT molecular complexity index is 929. The van der Waals surface area contributed by atoms with E-state index < -0.39 is 0 Å². The molecule has 3 rings (SSSR count). The number of hydrogen-bond donors (Lipinski definition) is 3. The summed E-state index contributed by atoms with van der Waals surface area (Å²) in [5, 5.41) is 1.22. The number of benzene rings is 2.